The van der Waals surface area contributed by atoms with Crippen LogP contribution in [0.4, 0.5) is 0 Å². The first-order chi connectivity index (χ1) is 9.67. The molecule has 0 amide bonds. The minimum Gasteiger partial charge on any atom is -0.497 e. The SMILES string of the molecule is COc1ccc(CNCC(C)C)c(OCCCCO)c1. The molecule has 1 aromatic carbocycles. The average molecular weight is 281 g/mol. The number of nitrogens with one attached hydrogen (secondary N) is 1. The van der Waals surface area contributed by atoms with Crippen molar-refractivity contribution in [3.05, 3.63) is 23.8 Å². The summed E-state index contributed by atoms with van der Waals surface area (Å²) in [5.41, 5.74) is 1.13. The van der Waals surface area contributed by atoms with Gasteiger partial charge in [-0.2, -0.15) is 0 Å². The number of methoxy groups -OCH3 is 1. The van der Waals surface area contributed by atoms with Gasteiger partial charge in [-0.15, -0.1) is 0 Å². The lowest BCUT2D eigenvalue weighted by Crippen LogP contribution is -2.19. The van der Waals surface area contributed by atoms with Crippen LogP contribution in [0.5, 0.6) is 11.5 Å². The van der Waals surface area contributed by atoms with Gasteiger partial charge in [0.1, 0.15) is 11.5 Å². The van der Waals surface area contributed by atoms with Crippen molar-refractivity contribution in [1.82, 2.24) is 5.32 Å². The van der Waals surface area contributed by atoms with E-state index in [0.717, 1.165) is 43.0 Å². The van der Waals surface area contributed by atoms with Gasteiger partial charge in [-0.05, 0) is 31.4 Å². The van der Waals surface area contributed by atoms with E-state index in [1.807, 2.05) is 18.2 Å². The molecule has 0 atom stereocenters. The molecular weight excluding hydrogens is 254 g/mol. The highest BCUT2D eigenvalue weighted by atomic mass is 16.5. The maximum absolute atomic E-state index is 8.78. The van der Waals surface area contributed by atoms with Crippen LogP contribution in [0.1, 0.15) is 32.3 Å². The van der Waals surface area contributed by atoms with Gasteiger partial charge in [0.05, 0.1) is 13.7 Å². The highest BCUT2D eigenvalue weighted by Gasteiger charge is 2.06. The van der Waals surface area contributed by atoms with E-state index >= 15 is 0 Å². The molecule has 4 heteroatoms. The van der Waals surface area contributed by atoms with Gasteiger partial charge >= 0.3 is 0 Å². The minimum atomic E-state index is 0.213. The fourth-order valence-corrected chi connectivity index (χ4v) is 1.83. The van der Waals surface area contributed by atoms with Crippen LogP contribution in [-0.4, -0.2) is 32.0 Å². The van der Waals surface area contributed by atoms with Crippen molar-refractivity contribution in [3.63, 3.8) is 0 Å². The molecule has 0 bridgehead atoms. The van der Waals surface area contributed by atoms with Crippen molar-refractivity contribution in [2.75, 3.05) is 26.9 Å². The van der Waals surface area contributed by atoms with E-state index in [0.29, 0.717) is 12.5 Å². The number of hydrogen-bond acceptors (Lipinski definition) is 4. The van der Waals surface area contributed by atoms with Crippen LogP contribution in [0.3, 0.4) is 0 Å². The van der Waals surface area contributed by atoms with Crippen molar-refractivity contribution in [2.24, 2.45) is 5.92 Å². The summed E-state index contributed by atoms with van der Waals surface area (Å²) in [6.45, 7) is 6.98. The third kappa shape index (κ3) is 6.26. The normalized spacial score (nSPS) is 10.8. The van der Waals surface area contributed by atoms with Gasteiger partial charge in [0.2, 0.25) is 0 Å². The second kappa shape index (κ2) is 9.61. The molecule has 0 fully saturated rings. The largest absolute Gasteiger partial charge is 0.497 e. The summed E-state index contributed by atoms with van der Waals surface area (Å²) in [5.74, 6) is 2.29. The first-order valence-electron chi connectivity index (χ1n) is 7.28. The average Bonchev–Trinajstić information content (AvgIpc) is 2.44. The topological polar surface area (TPSA) is 50.7 Å². The van der Waals surface area contributed by atoms with Crippen LogP contribution < -0.4 is 14.8 Å². The molecule has 4 nitrogen and oxygen atoms in total. The van der Waals surface area contributed by atoms with E-state index in [-0.39, 0.29) is 6.61 Å². The summed E-state index contributed by atoms with van der Waals surface area (Å²) in [6.07, 6.45) is 1.62. The molecule has 0 aromatic heterocycles. The lowest BCUT2D eigenvalue weighted by Gasteiger charge is -2.14. The predicted molar refractivity (Wildman–Crippen MR) is 81.4 cm³/mol. The van der Waals surface area contributed by atoms with E-state index in [1.54, 1.807) is 7.11 Å². The van der Waals surface area contributed by atoms with E-state index in [2.05, 4.69) is 19.2 Å². The molecule has 0 aliphatic carbocycles. The van der Waals surface area contributed by atoms with Gasteiger partial charge in [0.25, 0.3) is 0 Å². The lowest BCUT2D eigenvalue weighted by molar-refractivity contribution is 0.251. The molecule has 114 valence electrons. The molecule has 0 aliphatic heterocycles. The van der Waals surface area contributed by atoms with Gasteiger partial charge in [-0.1, -0.05) is 19.9 Å². The van der Waals surface area contributed by atoms with Gasteiger partial charge in [-0.25, -0.2) is 0 Å². The summed E-state index contributed by atoms with van der Waals surface area (Å²) < 4.78 is 11.0. The Morgan fingerprint density at radius 1 is 1.25 bits per heavy atom. The van der Waals surface area contributed by atoms with E-state index < -0.39 is 0 Å². The van der Waals surface area contributed by atoms with Crippen LogP contribution in [0.15, 0.2) is 18.2 Å². The van der Waals surface area contributed by atoms with Gasteiger partial charge in [0, 0.05) is 24.8 Å². The second-order valence-electron chi connectivity index (χ2n) is 5.28. The van der Waals surface area contributed by atoms with Crippen molar-refractivity contribution in [1.29, 1.82) is 0 Å². The zero-order valence-electron chi connectivity index (χ0n) is 12.8. The summed E-state index contributed by atoms with van der Waals surface area (Å²) in [4.78, 5) is 0. The Labute approximate surface area is 122 Å². The van der Waals surface area contributed by atoms with Gasteiger partial charge < -0.3 is 19.9 Å². The fraction of sp³-hybridized carbons (Fsp3) is 0.625. The van der Waals surface area contributed by atoms with Crippen LogP contribution >= 0.6 is 0 Å². The molecule has 0 aliphatic rings. The summed E-state index contributed by atoms with van der Waals surface area (Å²) in [6, 6.07) is 5.91. The summed E-state index contributed by atoms with van der Waals surface area (Å²) in [5, 5.41) is 12.2. The minimum absolute atomic E-state index is 0.213. The summed E-state index contributed by atoms with van der Waals surface area (Å²) >= 11 is 0. The summed E-state index contributed by atoms with van der Waals surface area (Å²) in [7, 11) is 1.65. The Bertz CT molecular complexity index is 380. The molecule has 20 heavy (non-hydrogen) atoms. The number of rotatable bonds is 10. The molecule has 0 radical (unpaired) electrons. The lowest BCUT2D eigenvalue weighted by atomic mass is 10.1. The quantitative estimate of drug-likeness (QED) is 0.647. The Hall–Kier alpha value is -1.26. The highest BCUT2D eigenvalue weighted by Crippen LogP contribution is 2.25. The molecule has 2 N–H and O–H groups in total. The Balaban J connectivity index is 2.60. The number of benzene rings is 1. The molecule has 0 heterocycles. The van der Waals surface area contributed by atoms with Crippen LogP contribution in [0.2, 0.25) is 0 Å². The van der Waals surface area contributed by atoms with Gasteiger partial charge in [0.15, 0.2) is 0 Å². The molecule has 0 saturated carbocycles. The first-order valence-corrected chi connectivity index (χ1v) is 7.28. The molecular formula is C16H27NO3. The van der Waals surface area contributed by atoms with Gasteiger partial charge in [-0.3, -0.25) is 0 Å². The number of ether oxygens (including phenoxy) is 2. The highest BCUT2D eigenvalue weighted by molar-refractivity contribution is 5.40. The number of unbranched alkanes of at least 4 members (excludes halogenated alkanes) is 1. The van der Waals surface area contributed by atoms with Crippen molar-refractivity contribution < 1.29 is 14.6 Å². The molecule has 0 unspecified atom stereocenters. The smallest absolute Gasteiger partial charge is 0.127 e. The second-order valence-corrected chi connectivity index (χ2v) is 5.28. The van der Waals surface area contributed by atoms with E-state index in [1.165, 1.54) is 0 Å². The van der Waals surface area contributed by atoms with Crippen molar-refractivity contribution in [3.8, 4) is 11.5 Å². The Morgan fingerprint density at radius 2 is 2.05 bits per heavy atom. The maximum atomic E-state index is 8.78. The standard InChI is InChI=1S/C16H27NO3/c1-13(2)11-17-12-14-6-7-15(19-3)10-16(14)20-9-5-4-8-18/h6-7,10,13,17-18H,4-5,8-9,11-12H2,1-3H3. The molecule has 0 saturated heterocycles. The maximum Gasteiger partial charge on any atom is 0.127 e. The van der Waals surface area contributed by atoms with Crippen LogP contribution in [-0.2, 0) is 6.54 Å². The van der Waals surface area contributed by atoms with Crippen molar-refractivity contribution in [2.45, 2.75) is 33.2 Å². The Kier molecular flexibility index (Phi) is 8.07. The van der Waals surface area contributed by atoms with Crippen LogP contribution in [0.25, 0.3) is 0 Å². The molecule has 0 spiro atoms. The monoisotopic (exact) mass is 281 g/mol. The molecule has 1 aromatic rings. The number of aliphatic hydroxyl groups is 1. The van der Waals surface area contributed by atoms with E-state index in [4.69, 9.17) is 14.6 Å². The zero-order chi connectivity index (χ0) is 14.8. The third-order valence-corrected chi connectivity index (χ3v) is 2.95. The number of aliphatic hydroxyl groups excluding tert-OH is 1. The van der Waals surface area contributed by atoms with Crippen molar-refractivity contribution >= 4 is 0 Å². The predicted octanol–water partition coefficient (Wildman–Crippen LogP) is 2.59. The molecule has 1 rings (SSSR count). The third-order valence-electron chi connectivity index (χ3n) is 2.95. The Morgan fingerprint density at radius 3 is 2.70 bits per heavy atom. The van der Waals surface area contributed by atoms with Crippen LogP contribution in [0, 0.1) is 5.92 Å². The zero-order valence-corrected chi connectivity index (χ0v) is 12.8. The van der Waals surface area contributed by atoms with E-state index in [9.17, 15) is 0 Å². The first kappa shape index (κ1) is 16.8. The number of hydrogen-bond donors (Lipinski definition) is 2. The fourth-order valence-electron chi connectivity index (χ4n) is 1.83.